The minimum atomic E-state index is -1.20. The van der Waals surface area contributed by atoms with Crippen LogP contribution in [-0.2, 0) is 4.74 Å². The summed E-state index contributed by atoms with van der Waals surface area (Å²) in [7, 11) is 0. The molecule has 2 fully saturated rings. The molecular formula is C16H23N5O5. The van der Waals surface area contributed by atoms with Crippen LogP contribution in [-0.4, -0.2) is 77.0 Å². The molecule has 4 rings (SSSR count). The number of hydrogen-bond acceptors (Lipinski definition) is 9. The van der Waals surface area contributed by atoms with E-state index >= 15 is 0 Å². The zero-order valence-corrected chi connectivity index (χ0v) is 14.1. The second-order valence-electron chi connectivity index (χ2n) is 6.94. The molecule has 5 N–H and O–H groups in total. The van der Waals surface area contributed by atoms with Crippen LogP contribution in [0.2, 0.25) is 0 Å². The highest BCUT2D eigenvalue weighted by atomic mass is 16.6. The molecule has 2 aromatic heterocycles. The number of hydrogen-bond donors (Lipinski definition) is 5. The molecule has 2 aromatic rings. The molecule has 0 amide bonds. The lowest BCUT2D eigenvalue weighted by molar-refractivity contribution is -0.0511. The van der Waals surface area contributed by atoms with Crippen molar-refractivity contribution in [1.82, 2.24) is 19.5 Å². The molecule has 2 aliphatic rings. The van der Waals surface area contributed by atoms with Gasteiger partial charge in [-0.3, -0.25) is 4.57 Å². The van der Waals surface area contributed by atoms with Crippen molar-refractivity contribution in [1.29, 1.82) is 0 Å². The average molecular weight is 365 g/mol. The standard InChI is InChI=1S/C16H23N5O5/c22-5-10-12(24)13(25)16(26-10)21-7-19-11-14(17-6-18-15(11)21)20-8-2-1-3-9(23)4-8/h6-10,12-13,16,22-25H,1-5H2,(H,17,18,20)/t8-,9-,10-,12-,13-,16-/m1/s1. The third-order valence-corrected chi connectivity index (χ3v) is 5.14. The van der Waals surface area contributed by atoms with Gasteiger partial charge in [0, 0.05) is 6.04 Å². The fourth-order valence-electron chi connectivity index (χ4n) is 3.74. The molecule has 142 valence electrons. The first-order valence-corrected chi connectivity index (χ1v) is 8.83. The monoisotopic (exact) mass is 365 g/mol. The van der Waals surface area contributed by atoms with Gasteiger partial charge in [-0.2, -0.15) is 0 Å². The summed E-state index contributed by atoms with van der Waals surface area (Å²) in [5.41, 5.74) is 0.971. The van der Waals surface area contributed by atoms with E-state index in [1.807, 2.05) is 0 Å². The highest BCUT2D eigenvalue weighted by Gasteiger charge is 2.44. The third kappa shape index (κ3) is 3.03. The molecule has 0 aromatic carbocycles. The Hall–Kier alpha value is -1.85. The molecule has 0 bridgehead atoms. The number of aliphatic hydroxyl groups is 4. The van der Waals surface area contributed by atoms with Crippen molar-refractivity contribution in [2.75, 3.05) is 11.9 Å². The molecule has 0 spiro atoms. The van der Waals surface area contributed by atoms with Crippen molar-refractivity contribution in [2.24, 2.45) is 0 Å². The second-order valence-corrected chi connectivity index (χ2v) is 6.94. The van der Waals surface area contributed by atoms with Crippen LogP contribution in [0.15, 0.2) is 12.7 Å². The molecule has 6 atom stereocenters. The van der Waals surface area contributed by atoms with E-state index in [0.29, 0.717) is 23.4 Å². The Morgan fingerprint density at radius 1 is 1.15 bits per heavy atom. The van der Waals surface area contributed by atoms with Crippen molar-refractivity contribution in [3.05, 3.63) is 12.7 Å². The topological polar surface area (TPSA) is 146 Å². The van der Waals surface area contributed by atoms with Crippen molar-refractivity contribution in [3.63, 3.8) is 0 Å². The summed E-state index contributed by atoms with van der Waals surface area (Å²) in [6.45, 7) is -0.396. The molecule has 0 unspecified atom stereocenters. The van der Waals surface area contributed by atoms with Gasteiger partial charge in [0.25, 0.3) is 0 Å². The molecule has 1 saturated heterocycles. The minimum Gasteiger partial charge on any atom is -0.394 e. The zero-order chi connectivity index (χ0) is 18.3. The average Bonchev–Trinajstić information content (AvgIpc) is 3.18. The van der Waals surface area contributed by atoms with Gasteiger partial charge in [0.15, 0.2) is 23.2 Å². The number of nitrogens with one attached hydrogen (secondary N) is 1. The maximum absolute atomic E-state index is 10.2. The van der Waals surface area contributed by atoms with Crippen LogP contribution in [0.4, 0.5) is 5.82 Å². The highest BCUT2D eigenvalue weighted by Crippen LogP contribution is 2.32. The third-order valence-electron chi connectivity index (χ3n) is 5.14. The Morgan fingerprint density at radius 3 is 2.73 bits per heavy atom. The van der Waals surface area contributed by atoms with Gasteiger partial charge in [-0.1, -0.05) is 0 Å². The number of anilines is 1. The number of nitrogens with zero attached hydrogens (tertiary/aromatic N) is 4. The minimum absolute atomic E-state index is 0.107. The smallest absolute Gasteiger partial charge is 0.167 e. The number of imidazole rings is 1. The molecule has 1 aliphatic carbocycles. The molecular weight excluding hydrogens is 342 g/mol. The number of aromatic nitrogens is 4. The first kappa shape index (κ1) is 17.6. The van der Waals surface area contributed by atoms with E-state index in [2.05, 4.69) is 20.3 Å². The van der Waals surface area contributed by atoms with Gasteiger partial charge in [0.1, 0.15) is 24.6 Å². The molecule has 3 heterocycles. The Kier molecular flexibility index (Phi) is 4.76. The van der Waals surface area contributed by atoms with E-state index in [1.165, 1.54) is 17.2 Å². The van der Waals surface area contributed by atoms with Crippen molar-refractivity contribution in [3.8, 4) is 0 Å². The lowest BCUT2D eigenvalue weighted by Gasteiger charge is -2.27. The van der Waals surface area contributed by atoms with Crippen LogP contribution < -0.4 is 5.32 Å². The van der Waals surface area contributed by atoms with E-state index in [1.54, 1.807) is 0 Å². The van der Waals surface area contributed by atoms with Crippen LogP contribution in [0.3, 0.4) is 0 Å². The molecule has 1 aliphatic heterocycles. The zero-order valence-electron chi connectivity index (χ0n) is 14.1. The predicted molar refractivity (Wildman–Crippen MR) is 90.2 cm³/mol. The summed E-state index contributed by atoms with van der Waals surface area (Å²) in [6, 6.07) is 0.107. The van der Waals surface area contributed by atoms with E-state index in [4.69, 9.17) is 4.74 Å². The summed E-state index contributed by atoms with van der Waals surface area (Å²) < 4.78 is 7.08. The van der Waals surface area contributed by atoms with E-state index in [-0.39, 0.29) is 12.1 Å². The Bertz CT molecular complexity index is 771. The van der Waals surface area contributed by atoms with Gasteiger partial charge >= 0.3 is 0 Å². The van der Waals surface area contributed by atoms with Gasteiger partial charge in [-0.15, -0.1) is 0 Å². The quantitative estimate of drug-likeness (QED) is 0.468. The van der Waals surface area contributed by atoms with Gasteiger partial charge in [-0.25, -0.2) is 15.0 Å². The van der Waals surface area contributed by atoms with E-state index < -0.39 is 31.1 Å². The van der Waals surface area contributed by atoms with Gasteiger partial charge in [0.05, 0.1) is 19.0 Å². The summed E-state index contributed by atoms with van der Waals surface area (Å²) >= 11 is 0. The maximum Gasteiger partial charge on any atom is 0.167 e. The normalized spacial score (nSPS) is 35.1. The molecule has 26 heavy (non-hydrogen) atoms. The molecule has 0 radical (unpaired) electrons. The predicted octanol–water partition coefficient (Wildman–Crippen LogP) is -0.847. The van der Waals surface area contributed by atoms with Crippen molar-refractivity contribution >= 4 is 17.0 Å². The number of ether oxygens (including phenoxy) is 1. The molecule has 10 heteroatoms. The first-order valence-electron chi connectivity index (χ1n) is 8.83. The number of aliphatic hydroxyl groups excluding tert-OH is 4. The lowest BCUT2D eigenvalue weighted by atomic mass is 9.93. The fourth-order valence-corrected chi connectivity index (χ4v) is 3.74. The van der Waals surface area contributed by atoms with Crippen LogP contribution in [0, 0.1) is 0 Å². The first-order chi connectivity index (χ1) is 12.6. The van der Waals surface area contributed by atoms with Gasteiger partial charge in [0.2, 0.25) is 0 Å². The van der Waals surface area contributed by atoms with Crippen LogP contribution >= 0.6 is 0 Å². The van der Waals surface area contributed by atoms with E-state index in [9.17, 15) is 20.4 Å². The Balaban J connectivity index is 1.61. The van der Waals surface area contributed by atoms with Gasteiger partial charge in [-0.05, 0) is 25.7 Å². The summed E-state index contributed by atoms with van der Waals surface area (Å²) in [5.74, 6) is 0.555. The number of rotatable bonds is 4. The Morgan fingerprint density at radius 2 is 2.00 bits per heavy atom. The van der Waals surface area contributed by atoms with Crippen LogP contribution in [0.25, 0.3) is 11.2 Å². The molecule has 1 saturated carbocycles. The van der Waals surface area contributed by atoms with Crippen molar-refractivity contribution in [2.45, 2.75) is 62.4 Å². The number of fused-ring (bicyclic) bond motifs is 1. The van der Waals surface area contributed by atoms with Crippen molar-refractivity contribution < 1.29 is 25.2 Å². The summed E-state index contributed by atoms with van der Waals surface area (Å²) in [5, 5.41) is 42.6. The van der Waals surface area contributed by atoms with Crippen LogP contribution in [0.5, 0.6) is 0 Å². The second kappa shape index (κ2) is 7.05. The van der Waals surface area contributed by atoms with Crippen LogP contribution in [0.1, 0.15) is 31.9 Å². The largest absolute Gasteiger partial charge is 0.394 e. The summed E-state index contributed by atoms with van der Waals surface area (Å²) in [6.07, 6.45) is 1.76. The van der Waals surface area contributed by atoms with Gasteiger partial charge < -0.3 is 30.5 Å². The SMILES string of the molecule is OC[C@H]1O[C@@H](n2cnc3c(N[C@@H]4CCC[C@@H](O)C4)ncnc32)[C@H](O)[C@@H]1O. The fraction of sp³-hybridized carbons (Fsp3) is 0.688. The Labute approximate surface area is 149 Å². The maximum atomic E-state index is 10.2. The lowest BCUT2D eigenvalue weighted by Crippen LogP contribution is -2.33. The van der Waals surface area contributed by atoms with E-state index in [0.717, 1.165) is 19.3 Å². The summed E-state index contributed by atoms with van der Waals surface area (Å²) in [4.78, 5) is 12.8. The molecule has 10 nitrogen and oxygen atoms in total. The highest BCUT2D eigenvalue weighted by molar-refractivity contribution is 5.82.